The normalized spacial score (nSPS) is 40.5. The predicted molar refractivity (Wildman–Crippen MR) is 144 cm³/mol. The number of hydrogen-bond donors (Lipinski definition) is 0. The Morgan fingerprint density at radius 3 is 2.21 bits per heavy atom. The molecule has 1 saturated carbocycles. The lowest BCUT2D eigenvalue weighted by atomic mass is 9.65. The van der Waals surface area contributed by atoms with Crippen molar-refractivity contribution in [3.63, 3.8) is 0 Å². The van der Waals surface area contributed by atoms with Crippen LogP contribution in [-0.2, 0) is 33.4 Å². The Kier molecular flexibility index (Phi) is 9.67. The summed E-state index contributed by atoms with van der Waals surface area (Å²) in [5.74, 6) is -4.35. The smallest absolute Gasteiger partial charge is 0.410 e. The summed E-state index contributed by atoms with van der Waals surface area (Å²) in [6.07, 6.45) is 2.97. The van der Waals surface area contributed by atoms with Crippen molar-refractivity contribution < 1.29 is 38.2 Å². The summed E-state index contributed by atoms with van der Waals surface area (Å²) in [5.41, 5.74) is -2.28. The molecule has 0 bridgehead atoms. The Labute approximate surface area is 232 Å². The fourth-order valence-corrected chi connectivity index (χ4v) is 6.58. The molecule has 1 aliphatic carbocycles. The van der Waals surface area contributed by atoms with Crippen molar-refractivity contribution in [1.82, 2.24) is 4.90 Å². The highest BCUT2D eigenvalue weighted by Gasteiger charge is 2.60. The Balaban J connectivity index is 2.02. The van der Waals surface area contributed by atoms with Gasteiger partial charge in [-0.1, -0.05) is 41.5 Å². The Hall–Kier alpha value is -2.29. The molecule has 3 rings (SSSR count). The standard InChI is InChI=1S/C30H47NO8/c1-9-23-30(8)26(31(28(36)39-30)13-10-14-37-22-11-12-22)19(4)24(33)17(2)15-29(7,16-32)21(6)18(3)25(34)20(5)27(35)38-23/h16-23,26H,9-15H2,1-8H3/t17-,18-,19+,20-,21-,23-,26-,29+,30-/m1/s1. The van der Waals surface area contributed by atoms with Crippen LogP contribution in [0.25, 0.3) is 0 Å². The maximum absolute atomic E-state index is 13.9. The summed E-state index contributed by atoms with van der Waals surface area (Å²) < 4.78 is 17.6. The summed E-state index contributed by atoms with van der Waals surface area (Å²) in [6, 6.07) is -0.702. The lowest BCUT2D eigenvalue weighted by Gasteiger charge is -2.42. The average molecular weight is 550 g/mol. The van der Waals surface area contributed by atoms with Crippen molar-refractivity contribution >= 4 is 29.9 Å². The first-order valence-electron chi connectivity index (χ1n) is 14.6. The van der Waals surface area contributed by atoms with Gasteiger partial charge in [-0.05, 0) is 51.9 Å². The zero-order valence-corrected chi connectivity index (χ0v) is 24.9. The van der Waals surface area contributed by atoms with Crippen LogP contribution in [0.15, 0.2) is 0 Å². The lowest BCUT2D eigenvalue weighted by molar-refractivity contribution is -0.171. The molecule has 0 aromatic heterocycles. The summed E-state index contributed by atoms with van der Waals surface area (Å²) in [5, 5.41) is 0. The maximum Gasteiger partial charge on any atom is 0.410 e. The molecule has 0 unspecified atom stereocenters. The van der Waals surface area contributed by atoms with E-state index in [9.17, 15) is 24.0 Å². The SMILES string of the molecule is CC[C@H]1OC(=O)[C@H](C)C(=O)[C@H](C)[C@@H](C)[C@](C)(C=O)C[C@@H](C)C(=O)[C@H](C)[C@H]2N(CCCOC3CC3)C(=O)O[C@]12C. The highest BCUT2D eigenvalue weighted by Crippen LogP contribution is 2.43. The van der Waals surface area contributed by atoms with Crippen LogP contribution >= 0.6 is 0 Å². The third kappa shape index (κ3) is 6.23. The predicted octanol–water partition coefficient (Wildman–Crippen LogP) is 4.38. The van der Waals surface area contributed by atoms with Crippen molar-refractivity contribution in [2.75, 3.05) is 13.2 Å². The van der Waals surface area contributed by atoms with E-state index in [1.54, 1.807) is 39.5 Å². The molecule has 2 saturated heterocycles. The van der Waals surface area contributed by atoms with E-state index in [0.29, 0.717) is 32.1 Å². The number of fused-ring (bicyclic) bond motifs is 1. The fraction of sp³-hybridized carbons (Fsp3) is 0.833. The summed E-state index contributed by atoms with van der Waals surface area (Å²) in [7, 11) is 0. The van der Waals surface area contributed by atoms with Gasteiger partial charge in [0.1, 0.15) is 29.9 Å². The Morgan fingerprint density at radius 1 is 1.00 bits per heavy atom. The number of Topliss-reactive ketones (excluding diaryl/α,β-unsaturated/α-hetero) is 2. The van der Waals surface area contributed by atoms with Gasteiger partial charge in [-0.15, -0.1) is 0 Å². The molecule has 0 aromatic rings. The molecular weight excluding hydrogens is 502 g/mol. The van der Waals surface area contributed by atoms with Gasteiger partial charge in [0.2, 0.25) is 0 Å². The van der Waals surface area contributed by atoms with E-state index in [1.807, 2.05) is 13.8 Å². The van der Waals surface area contributed by atoms with E-state index in [-0.39, 0.29) is 18.0 Å². The second kappa shape index (κ2) is 12.1. The van der Waals surface area contributed by atoms with Crippen LogP contribution in [0, 0.1) is 35.0 Å². The van der Waals surface area contributed by atoms with Crippen molar-refractivity contribution in [3.8, 4) is 0 Å². The molecule has 9 atom stereocenters. The van der Waals surface area contributed by atoms with Crippen LogP contribution < -0.4 is 0 Å². The molecule has 9 nitrogen and oxygen atoms in total. The summed E-state index contributed by atoms with van der Waals surface area (Å²) in [6.45, 7) is 14.8. The summed E-state index contributed by atoms with van der Waals surface area (Å²) >= 11 is 0. The first-order chi connectivity index (χ1) is 18.2. The van der Waals surface area contributed by atoms with Crippen LogP contribution in [0.1, 0.15) is 87.5 Å². The van der Waals surface area contributed by atoms with Crippen molar-refractivity contribution in [2.45, 2.75) is 111 Å². The molecule has 0 N–H and O–H groups in total. The van der Waals surface area contributed by atoms with E-state index in [0.717, 1.165) is 19.1 Å². The summed E-state index contributed by atoms with van der Waals surface area (Å²) in [4.78, 5) is 67.8. The van der Waals surface area contributed by atoms with Crippen LogP contribution in [0.2, 0.25) is 0 Å². The highest BCUT2D eigenvalue weighted by molar-refractivity contribution is 6.00. The number of ether oxygens (including phenoxy) is 3. The number of carbonyl (C=O) groups excluding carboxylic acids is 5. The third-order valence-corrected chi connectivity index (χ3v) is 9.60. The molecule has 3 aliphatic rings. The topological polar surface area (TPSA) is 116 Å². The monoisotopic (exact) mass is 549 g/mol. The van der Waals surface area contributed by atoms with Crippen molar-refractivity contribution in [2.24, 2.45) is 35.0 Å². The van der Waals surface area contributed by atoms with Crippen molar-refractivity contribution in [3.05, 3.63) is 0 Å². The molecule has 39 heavy (non-hydrogen) atoms. The highest BCUT2D eigenvalue weighted by atomic mass is 16.6. The fourth-order valence-electron chi connectivity index (χ4n) is 6.58. The number of hydrogen-bond acceptors (Lipinski definition) is 8. The van der Waals surface area contributed by atoms with Gasteiger partial charge in [0.15, 0.2) is 5.60 Å². The van der Waals surface area contributed by atoms with Crippen LogP contribution in [0.5, 0.6) is 0 Å². The van der Waals surface area contributed by atoms with Gasteiger partial charge in [0.25, 0.3) is 0 Å². The van der Waals surface area contributed by atoms with Crippen LogP contribution in [-0.4, -0.2) is 71.8 Å². The second-order valence-electron chi connectivity index (χ2n) is 12.6. The number of rotatable bonds is 7. The molecule has 220 valence electrons. The second-order valence-corrected chi connectivity index (χ2v) is 12.6. The molecule has 9 heteroatoms. The molecule has 0 spiro atoms. The molecule has 0 aromatic carbocycles. The van der Waals surface area contributed by atoms with E-state index < -0.39 is 64.8 Å². The number of carbonyl (C=O) groups is 5. The molecule has 3 fully saturated rings. The van der Waals surface area contributed by atoms with E-state index in [4.69, 9.17) is 14.2 Å². The minimum atomic E-state index is -1.31. The third-order valence-electron chi connectivity index (χ3n) is 9.60. The zero-order chi connectivity index (χ0) is 29.3. The number of cyclic esters (lactones) is 1. The Morgan fingerprint density at radius 2 is 1.64 bits per heavy atom. The van der Waals surface area contributed by atoms with Gasteiger partial charge < -0.3 is 23.9 Å². The van der Waals surface area contributed by atoms with Gasteiger partial charge >= 0.3 is 12.1 Å². The molecule has 2 heterocycles. The first-order valence-corrected chi connectivity index (χ1v) is 14.6. The van der Waals surface area contributed by atoms with Crippen LogP contribution in [0.3, 0.4) is 0 Å². The van der Waals surface area contributed by atoms with E-state index in [2.05, 4.69) is 0 Å². The number of aldehydes is 1. The number of nitrogens with zero attached hydrogens (tertiary/aromatic N) is 1. The maximum atomic E-state index is 13.9. The van der Waals surface area contributed by atoms with Gasteiger partial charge in [-0.2, -0.15) is 0 Å². The van der Waals surface area contributed by atoms with Crippen molar-refractivity contribution in [1.29, 1.82) is 0 Å². The Bertz CT molecular complexity index is 963. The zero-order valence-electron chi connectivity index (χ0n) is 24.9. The minimum Gasteiger partial charge on any atom is -0.458 e. The minimum absolute atomic E-state index is 0.102. The molecule has 1 amide bonds. The first kappa shape index (κ1) is 31.2. The van der Waals surface area contributed by atoms with Gasteiger partial charge in [-0.25, -0.2) is 4.79 Å². The van der Waals surface area contributed by atoms with E-state index >= 15 is 0 Å². The number of amides is 1. The van der Waals surface area contributed by atoms with Gasteiger partial charge in [-0.3, -0.25) is 14.4 Å². The molecule has 0 radical (unpaired) electrons. The quantitative estimate of drug-likeness (QED) is 0.199. The number of esters is 1. The largest absolute Gasteiger partial charge is 0.458 e. The van der Waals surface area contributed by atoms with Crippen LogP contribution in [0.4, 0.5) is 4.79 Å². The van der Waals surface area contributed by atoms with Gasteiger partial charge in [0, 0.05) is 36.3 Å². The van der Waals surface area contributed by atoms with E-state index in [1.165, 1.54) is 6.92 Å². The van der Waals surface area contributed by atoms with Gasteiger partial charge in [0.05, 0.1) is 12.1 Å². The number of ketones is 2. The molecule has 2 aliphatic heterocycles. The molecular formula is C30H47NO8. The lowest BCUT2D eigenvalue weighted by Crippen LogP contribution is -2.58. The average Bonchev–Trinajstić information content (AvgIpc) is 3.69.